The van der Waals surface area contributed by atoms with Crippen molar-refractivity contribution in [1.82, 2.24) is 0 Å². The largest absolute Gasteiger partial charge is 0.497 e. The standard InChI is InChI=1S/C27H42O8/c1-14(2)16-7-8-26(4)9-10-27(5)17(22(16)26)11-20(34-15(3)28)19(32-6)12-21(27)35-25-24(31)23(30)18(29)13-33-25/h12,14,17-18,20-21,23-25,29-31H,7-11,13H2,1-6H3/t17-,18-,20-,21?,23+,24-,25+,26-,27-/m1/s1. The number of allylic oxidation sites excluding steroid dienone is 2. The van der Waals surface area contributed by atoms with Gasteiger partial charge in [0.1, 0.15) is 24.1 Å². The van der Waals surface area contributed by atoms with E-state index in [9.17, 15) is 20.1 Å². The summed E-state index contributed by atoms with van der Waals surface area (Å²) >= 11 is 0. The minimum Gasteiger partial charge on any atom is -0.497 e. The van der Waals surface area contributed by atoms with Crippen LogP contribution >= 0.6 is 0 Å². The summed E-state index contributed by atoms with van der Waals surface area (Å²) in [6, 6.07) is 0. The predicted octanol–water partition coefficient (Wildman–Crippen LogP) is 2.85. The average Bonchev–Trinajstić information content (AvgIpc) is 3.10. The van der Waals surface area contributed by atoms with Gasteiger partial charge in [0.15, 0.2) is 12.4 Å². The first-order chi connectivity index (χ1) is 16.4. The molecule has 0 aromatic rings. The SMILES string of the molecule is COC1=CC(O[C@@H]2OC[C@@H](O)[C@H](O)[C@H]2O)[C@]2(C)CC[C@@]3(C)CCC(C(C)C)=C3[C@H]2C[C@H]1OC(C)=O. The van der Waals surface area contributed by atoms with E-state index in [1.807, 2.05) is 6.08 Å². The van der Waals surface area contributed by atoms with E-state index in [0.717, 1.165) is 25.7 Å². The van der Waals surface area contributed by atoms with Crippen LogP contribution in [0.4, 0.5) is 0 Å². The monoisotopic (exact) mass is 494 g/mol. The molecule has 0 bridgehead atoms. The van der Waals surface area contributed by atoms with Crippen molar-refractivity contribution in [3.8, 4) is 0 Å². The third-order valence-electron chi connectivity index (χ3n) is 9.01. The molecule has 1 unspecified atom stereocenters. The number of aliphatic hydroxyl groups excluding tert-OH is 3. The molecule has 8 nitrogen and oxygen atoms in total. The minimum absolute atomic E-state index is 0.0654. The van der Waals surface area contributed by atoms with Crippen molar-refractivity contribution < 1.29 is 39.1 Å². The van der Waals surface area contributed by atoms with Gasteiger partial charge in [-0.15, -0.1) is 0 Å². The van der Waals surface area contributed by atoms with Crippen LogP contribution in [0, 0.1) is 22.7 Å². The summed E-state index contributed by atoms with van der Waals surface area (Å²) in [5.41, 5.74) is 2.64. The molecule has 0 aromatic carbocycles. The van der Waals surface area contributed by atoms with Crippen molar-refractivity contribution in [1.29, 1.82) is 0 Å². The Morgan fingerprint density at radius 2 is 1.86 bits per heavy atom. The number of methoxy groups -OCH3 is 1. The van der Waals surface area contributed by atoms with Crippen LogP contribution in [-0.4, -0.2) is 71.8 Å². The van der Waals surface area contributed by atoms with Crippen LogP contribution in [0.1, 0.15) is 66.7 Å². The van der Waals surface area contributed by atoms with Crippen LogP contribution in [0.2, 0.25) is 0 Å². The van der Waals surface area contributed by atoms with Gasteiger partial charge in [0.25, 0.3) is 0 Å². The Hall–Kier alpha value is -1.45. The van der Waals surface area contributed by atoms with E-state index in [4.69, 9.17) is 18.9 Å². The van der Waals surface area contributed by atoms with Crippen molar-refractivity contribution in [2.75, 3.05) is 13.7 Å². The summed E-state index contributed by atoms with van der Waals surface area (Å²) < 4.78 is 23.5. The van der Waals surface area contributed by atoms with E-state index in [-0.39, 0.29) is 29.3 Å². The van der Waals surface area contributed by atoms with E-state index >= 15 is 0 Å². The maximum atomic E-state index is 12.0. The van der Waals surface area contributed by atoms with Gasteiger partial charge >= 0.3 is 5.97 Å². The molecule has 2 fully saturated rings. The summed E-state index contributed by atoms with van der Waals surface area (Å²) in [4.78, 5) is 12.0. The number of hydrogen-bond acceptors (Lipinski definition) is 8. The van der Waals surface area contributed by atoms with E-state index in [2.05, 4.69) is 27.7 Å². The minimum atomic E-state index is -1.39. The maximum absolute atomic E-state index is 12.0. The summed E-state index contributed by atoms with van der Waals surface area (Å²) in [5.74, 6) is 0.623. The van der Waals surface area contributed by atoms with Crippen molar-refractivity contribution >= 4 is 5.97 Å². The molecule has 3 aliphatic carbocycles. The molecular formula is C27H42O8. The van der Waals surface area contributed by atoms with Crippen LogP contribution in [0.3, 0.4) is 0 Å². The molecule has 9 atom stereocenters. The van der Waals surface area contributed by atoms with Crippen molar-refractivity contribution in [3.63, 3.8) is 0 Å². The van der Waals surface area contributed by atoms with Gasteiger partial charge in [-0.25, -0.2) is 0 Å². The topological polar surface area (TPSA) is 115 Å². The highest BCUT2D eigenvalue weighted by Gasteiger charge is 2.57. The first-order valence-electron chi connectivity index (χ1n) is 12.9. The molecule has 198 valence electrons. The zero-order valence-corrected chi connectivity index (χ0v) is 21.8. The Labute approximate surface area is 208 Å². The average molecular weight is 495 g/mol. The van der Waals surface area contributed by atoms with E-state index < -0.39 is 36.8 Å². The maximum Gasteiger partial charge on any atom is 0.303 e. The number of aliphatic hydroxyl groups is 3. The number of esters is 1. The van der Waals surface area contributed by atoms with Gasteiger partial charge in [-0.3, -0.25) is 4.79 Å². The van der Waals surface area contributed by atoms with E-state index in [1.165, 1.54) is 18.1 Å². The van der Waals surface area contributed by atoms with Crippen molar-refractivity contribution in [3.05, 3.63) is 23.0 Å². The molecule has 8 heteroatoms. The molecule has 1 heterocycles. The number of hydrogen-bond donors (Lipinski definition) is 3. The number of carbonyl (C=O) groups excluding carboxylic acids is 1. The first kappa shape index (κ1) is 26.6. The van der Waals surface area contributed by atoms with Crippen LogP contribution in [-0.2, 0) is 23.7 Å². The fourth-order valence-electron chi connectivity index (χ4n) is 6.87. The molecular weight excluding hydrogens is 452 g/mol. The Bertz CT molecular complexity index is 880. The highest BCUT2D eigenvalue weighted by molar-refractivity contribution is 5.66. The summed E-state index contributed by atoms with van der Waals surface area (Å²) in [5, 5.41) is 30.7. The van der Waals surface area contributed by atoms with Crippen LogP contribution in [0.5, 0.6) is 0 Å². The lowest BCUT2D eigenvalue weighted by Gasteiger charge is -2.53. The third kappa shape index (κ3) is 4.68. The smallest absolute Gasteiger partial charge is 0.303 e. The lowest BCUT2D eigenvalue weighted by Crippen LogP contribution is -2.56. The number of fused-ring (bicyclic) bond motifs is 3. The summed E-state index contributed by atoms with van der Waals surface area (Å²) in [6.07, 6.45) is 0.405. The van der Waals surface area contributed by atoms with Crippen molar-refractivity contribution in [2.24, 2.45) is 22.7 Å². The molecule has 0 aromatic heterocycles. The van der Waals surface area contributed by atoms with Gasteiger partial charge in [0.05, 0.1) is 19.8 Å². The molecule has 35 heavy (non-hydrogen) atoms. The highest BCUT2D eigenvalue weighted by Crippen LogP contribution is 2.63. The second-order valence-electron chi connectivity index (χ2n) is 11.6. The van der Waals surface area contributed by atoms with E-state index in [1.54, 1.807) is 7.11 Å². The molecule has 3 N–H and O–H groups in total. The Balaban J connectivity index is 1.79. The predicted molar refractivity (Wildman–Crippen MR) is 128 cm³/mol. The first-order valence-corrected chi connectivity index (χ1v) is 12.9. The van der Waals surface area contributed by atoms with Crippen LogP contribution < -0.4 is 0 Å². The molecule has 1 saturated heterocycles. The lowest BCUT2D eigenvalue weighted by atomic mass is 9.54. The van der Waals surface area contributed by atoms with Crippen LogP contribution in [0.15, 0.2) is 23.0 Å². The fraction of sp³-hybridized carbons (Fsp3) is 0.815. The normalized spacial score (nSPS) is 43.8. The molecule has 4 aliphatic rings. The Kier molecular flexibility index (Phi) is 7.44. The van der Waals surface area contributed by atoms with Gasteiger partial charge in [0, 0.05) is 12.3 Å². The van der Waals surface area contributed by atoms with Crippen LogP contribution in [0.25, 0.3) is 0 Å². The third-order valence-corrected chi connectivity index (χ3v) is 9.01. The highest BCUT2D eigenvalue weighted by atomic mass is 16.7. The van der Waals surface area contributed by atoms with Crippen molar-refractivity contribution in [2.45, 2.75) is 104 Å². The number of carbonyl (C=O) groups is 1. The quantitative estimate of drug-likeness (QED) is 0.395. The Morgan fingerprint density at radius 1 is 1.14 bits per heavy atom. The second-order valence-corrected chi connectivity index (χ2v) is 11.6. The molecule has 0 spiro atoms. The van der Waals surface area contributed by atoms with Gasteiger partial charge < -0.3 is 34.3 Å². The molecule has 4 rings (SSSR count). The van der Waals surface area contributed by atoms with E-state index in [0.29, 0.717) is 18.1 Å². The summed E-state index contributed by atoms with van der Waals surface area (Å²) in [6.45, 7) is 10.3. The zero-order valence-electron chi connectivity index (χ0n) is 21.8. The molecule has 1 aliphatic heterocycles. The number of ether oxygens (including phenoxy) is 4. The molecule has 0 amide bonds. The van der Waals surface area contributed by atoms with Gasteiger partial charge in [-0.2, -0.15) is 0 Å². The second kappa shape index (κ2) is 9.78. The van der Waals surface area contributed by atoms with Gasteiger partial charge in [-0.1, -0.05) is 38.8 Å². The molecule has 0 radical (unpaired) electrons. The van der Waals surface area contributed by atoms with Gasteiger partial charge in [-0.05, 0) is 55.4 Å². The summed E-state index contributed by atoms with van der Waals surface area (Å²) in [7, 11) is 1.56. The fourth-order valence-corrected chi connectivity index (χ4v) is 6.87. The Morgan fingerprint density at radius 3 is 2.49 bits per heavy atom. The van der Waals surface area contributed by atoms with Gasteiger partial charge in [0.2, 0.25) is 0 Å². The number of rotatable bonds is 5. The molecule has 1 saturated carbocycles. The zero-order chi connectivity index (χ0) is 25.7. The lowest BCUT2D eigenvalue weighted by molar-refractivity contribution is -0.289.